The number of piperidine rings is 1. The lowest BCUT2D eigenvalue weighted by molar-refractivity contribution is 0.232. The lowest BCUT2D eigenvalue weighted by Gasteiger charge is -2.25. The first-order chi connectivity index (χ1) is 15.5. The van der Waals surface area contributed by atoms with E-state index in [4.69, 9.17) is 4.98 Å². The minimum atomic E-state index is -3.46. The molecule has 0 radical (unpaired) electrons. The number of aromatic nitrogens is 3. The molecule has 7 nitrogen and oxygen atoms in total. The first-order valence-corrected chi connectivity index (χ1v) is 13.3. The number of nitrogens with zero attached hydrogens (tertiary/aromatic N) is 5. The van der Waals surface area contributed by atoms with Gasteiger partial charge in [0.25, 0.3) is 0 Å². The lowest BCUT2D eigenvalue weighted by atomic mass is 10.1. The van der Waals surface area contributed by atoms with E-state index < -0.39 is 10.0 Å². The molecule has 0 amide bonds. The summed E-state index contributed by atoms with van der Waals surface area (Å²) in [7, 11) is -1.35. The van der Waals surface area contributed by atoms with Gasteiger partial charge in [0.05, 0.1) is 28.5 Å². The number of benzene rings is 1. The molecule has 2 aromatic heterocycles. The number of likely N-dealkylation sites (tertiary alicyclic amines) is 1. The maximum atomic E-state index is 13.2. The second kappa shape index (κ2) is 8.65. The number of imidazole rings is 1. The van der Waals surface area contributed by atoms with E-state index in [1.54, 1.807) is 16.4 Å². The van der Waals surface area contributed by atoms with Crippen molar-refractivity contribution in [1.82, 2.24) is 23.3 Å². The molecular weight excluding hydrogens is 422 g/mol. The van der Waals surface area contributed by atoms with E-state index in [1.807, 2.05) is 6.07 Å². The Kier molecular flexibility index (Phi) is 5.86. The fourth-order valence-corrected chi connectivity index (χ4v) is 6.94. The van der Waals surface area contributed by atoms with Gasteiger partial charge in [0.2, 0.25) is 10.0 Å². The molecule has 172 valence electrons. The Hall–Kier alpha value is -2.16. The summed E-state index contributed by atoms with van der Waals surface area (Å²) in [5.41, 5.74) is 3.13. The van der Waals surface area contributed by atoms with E-state index in [1.165, 1.54) is 12.1 Å². The van der Waals surface area contributed by atoms with E-state index in [0.717, 1.165) is 62.2 Å². The van der Waals surface area contributed by atoms with Gasteiger partial charge in [-0.3, -0.25) is 4.90 Å². The molecule has 0 spiro atoms. The molecule has 2 fully saturated rings. The molecule has 2 saturated heterocycles. The molecule has 1 aromatic carbocycles. The van der Waals surface area contributed by atoms with Crippen LogP contribution in [-0.4, -0.2) is 51.4 Å². The van der Waals surface area contributed by atoms with Gasteiger partial charge in [-0.05, 0) is 69.5 Å². The van der Waals surface area contributed by atoms with Crippen LogP contribution in [0.25, 0.3) is 11.0 Å². The van der Waals surface area contributed by atoms with Crippen LogP contribution in [0.2, 0.25) is 0 Å². The largest absolute Gasteiger partial charge is 0.353 e. The molecule has 2 aliphatic heterocycles. The maximum absolute atomic E-state index is 13.2. The Morgan fingerprint density at radius 3 is 2.59 bits per heavy atom. The smallest absolute Gasteiger partial charge is 0.243 e. The molecule has 4 heterocycles. The number of rotatable bonds is 6. The highest BCUT2D eigenvalue weighted by atomic mass is 32.2. The van der Waals surface area contributed by atoms with E-state index in [-0.39, 0.29) is 0 Å². The predicted molar refractivity (Wildman–Crippen MR) is 126 cm³/mol. The molecule has 2 aliphatic rings. The zero-order chi connectivity index (χ0) is 22.3. The van der Waals surface area contributed by atoms with Crippen molar-refractivity contribution in [3.63, 3.8) is 0 Å². The quantitative estimate of drug-likeness (QED) is 0.565. The highest BCUT2D eigenvalue weighted by Gasteiger charge is 2.30. The summed E-state index contributed by atoms with van der Waals surface area (Å²) in [5, 5.41) is 0. The monoisotopic (exact) mass is 455 g/mol. The number of hydrogen-bond donors (Lipinski definition) is 0. The summed E-state index contributed by atoms with van der Waals surface area (Å²) in [5.74, 6) is 1.01. The first kappa shape index (κ1) is 21.7. The topological polar surface area (TPSA) is 63.4 Å². The van der Waals surface area contributed by atoms with Crippen molar-refractivity contribution in [1.29, 1.82) is 0 Å². The third-order valence-corrected chi connectivity index (χ3v) is 9.00. The first-order valence-electron chi connectivity index (χ1n) is 11.8. The van der Waals surface area contributed by atoms with Crippen molar-refractivity contribution in [2.75, 3.05) is 19.6 Å². The van der Waals surface area contributed by atoms with Gasteiger partial charge in [-0.15, -0.1) is 0 Å². The van der Waals surface area contributed by atoms with Crippen LogP contribution in [0.1, 0.15) is 56.6 Å². The van der Waals surface area contributed by atoms with Gasteiger partial charge in [0.1, 0.15) is 5.82 Å². The summed E-state index contributed by atoms with van der Waals surface area (Å²) < 4.78 is 32.4. The Morgan fingerprint density at radius 2 is 1.88 bits per heavy atom. The van der Waals surface area contributed by atoms with Gasteiger partial charge < -0.3 is 9.13 Å². The molecule has 3 aromatic rings. The van der Waals surface area contributed by atoms with Crippen molar-refractivity contribution < 1.29 is 8.42 Å². The van der Waals surface area contributed by atoms with Crippen molar-refractivity contribution in [2.24, 2.45) is 7.05 Å². The fraction of sp³-hybridized carbons (Fsp3) is 0.542. The van der Waals surface area contributed by atoms with Gasteiger partial charge in [0.15, 0.2) is 0 Å². The zero-order valence-corrected chi connectivity index (χ0v) is 19.9. The molecule has 0 aliphatic carbocycles. The van der Waals surface area contributed by atoms with Crippen LogP contribution < -0.4 is 0 Å². The molecule has 0 N–H and O–H groups in total. The maximum Gasteiger partial charge on any atom is 0.243 e. The zero-order valence-electron chi connectivity index (χ0n) is 19.1. The predicted octanol–water partition coefficient (Wildman–Crippen LogP) is 3.91. The van der Waals surface area contributed by atoms with E-state index >= 15 is 0 Å². The summed E-state index contributed by atoms with van der Waals surface area (Å²) in [4.78, 5) is 7.81. The van der Waals surface area contributed by atoms with Crippen molar-refractivity contribution >= 4 is 21.1 Å². The molecule has 5 rings (SSSR count). The van der Waals surface area contributed by atoms with Crippen LogP contribution in [0, 0.1) is 0 Å². The molecule has 8 heteroatoms. The molecule has 32 heavy (non-hydrogen) atoms. The highest BCUT2D eigenvalue weighted by Crippen LogP contribution is 2.34. The van der Waals surface area contributed by atoms with Crippen LogP contribution in [0.4, 0.5) is 0 Å². The summed E-state index contributed by atoms with van der Waals surface area (Å²) in [6.45, 7) is 5.99. The Labute approximate surface area is 190 Å². The molecule has 0 bridgehead atoms. The van der Waals surface area contributed by atoms with Gasteiger partial charge in [-0.25, -0.2) is 13.4 Å². The minimum absolute atomic E-state index is 0.363. The van der Waals surface area contributed by atoms with Crippen LogP contribution >= 0.6 is 0 Å². The van der Waals surface area contributed by atoms with Crippen LogP contribution in [0.3, 0.4) is 0 Å². The second-order valence-corrected chi connectivity index (χ2v) is 11.0. The molecular formula is C24H33N5O2S. The van der Waals surface area contributed by atoms with Gasteiger partial charge in [-0.1, -0.05) is 6.42 Å². The number of sulfonamides is 1. The Balaban J connectivity index is 1.46. The lowest BCUT2D eigenvalue weighted by Crippen LogP contribution is -2.35. The molecule has 0 saturated carbocycles. The van der Waals surface area contributed by atoms with Gasteiger partial charge in [-0.2, -0.15) is 4.31 Å². The number of aryl methyl sites for hydroxylation is 2. The normalized spacial score (nSPS) is 21.0. The van der Waals surface area contributed by atoms with Crippen LogP contribution in [0.15, 0.2) is 41.4 Å². The fourth-order valence-electron chi connectivity index (χ4n) is 5.40. The van der Waals surface area contributed by atoms with Gasteiger partial charge in [0, 0.05) is 38.6 Å². The van der Waals surface area contributed by atoms with Crippen molar-refractivity contribution in [3.8, 4) is 0 Å². The van der Waals surface area contributed by atoms with Crippen molar-refractivity contribution in [2.45, 2.75) is 63.1 Å². The third-order valence-electron chi connectivity index (χ3n) is 7.10. The van der Waals surface area contributed by atoms with Crippen LogP contribution in [0.5, 0.6) is 0 Å². The van der Waals surface area contributed by atoms with Crippen molar-refractivity contribution in [3.05, 3.63) is 48.0 Å². The minimum Gasteiger partial charge on any atom is -0.353 e. The molecule has 0 unspecified atom stereocenters. The summed E-state index contributed by atoms with van der Waals surface area (Å²) in [6, 6.07) is 10.2. The van der Waals surface area contributed by atoms with Crippen LogP contribution in [-0.2, 0) is 30.2 Å². The second-order valence-electron chi connectivity index (χ2n) is 9.06. The van der Waals surface area contributed by atoms with E-state index in [0.29, 0.717) is 24.0 Å². The Morgan fingerprint density at radius 1 is 1.06 bits per heavy atom. The Bertz CT molecular complexity index is 1210. The average molecular weight is 456 g/mol. The van der Waals surface area contributed by atoms with Gasteiger partial charge >= 0.3 is 0 Å². The summed E-state index contributed by atoms with van der Waals surface area (Å²) >= 11 is 0. The average Bonchev–Trinajstić information content (AvgIpc) is 3.52. The standard InChI is InChI=1S/C24H33N5O2S/c1-3-29-21-12-11-19(32(30,31)28-15-5-4-6-16-28)17-20(21)25-24(29)18-27-14-8-10-23(27)22-9-7-13-26(22)2/h7,9,11-13,17,23H,3-6,8,10,14-16,18H2,1-2H3/t23-/m0/s1. The highest BCUT2D eigenvalue weighted by molar-refractivity contribution is 7.89. The number of hydrogen-bond acceptors (Lipinski definition) is 4. The summed E-state index contributed by atoms with van der Waals surface area (Å²) in [6.07, 6.45) is 7.43. The SMILES string of the molecule is CCn1c(CN2CCC[C@H]2c2cccn2C)nc2cc(S(=O)(=O)N3CCCCC3)ccc21. The number of fused-ring (bicyclic) bond motifs is 1. The van der Waals surface area contributed by atoms with E-state index in [9.17, 15) is 8.42 Å². The molecule has 1 atom stereocenters. The van der Waals surface area contributed by atoms with E-state index in [2.05, 4.69) is 46.3 Å². The third kappa shape index (κ3) is 3.78.